The van der Waals surface area contributed by atoms with Gasteiger partial charge in [-0.15, -0.1) is 0 Å². The van der Waals surface area contributed by atoms with Gasteiger partial charge in [0, 0.05) is 6.07 Å². The van der Waals surface area contributed by atoms with Gasteiger partial charge in [0.2, 0.25) is 15.9 Å². The minimum Gasteiger partial charge on any atom is -0.497 e. The fraction of sp³-hybridized carbons (Fsp3) is 0.467. The molecular formula is C15H21N3O4S. The van der Waals surface area contributed by atoms with Gasteiger partial charge in [-0.05, 0) is 26.0 Å². The van der Waals surface area contributed by atoms with Crippen LogP contribution in [0.3, 0.4) is 0 Å². The van der Waals surface area contributed by atoms with E-state index in [1.54, 1.807) is 38.1 Å². The lowest BCUT2D eigenvalue weighted by molar-refractivity contribution is -0.124. The lowest BCUT2D eigenvalue weighted by atomic mass is 10.1. The summed E-state index contributed by atoms with van der Waals surface area (Å²) in [5.74, 6) is -1.16. The Balaban J connectivity index is 2.74. The van der Waals surface area contributed by atoms with Gasteiger partial charge in [0.05, 0.1) is 30.5 Å². The quantitative estimate of drug-likeness (QED) is 0.782. The maximum absolute atomic E-state index is 12.2. The second kappa shape index (κ2) is 7.33. The molecule has 0 aliphatic rings. The molecule has 8 heteroatoms. The molecule has 0 aliphatic carbocycles. The third-order valence-corrected chi connectivity index (χ3v) is 4.46. The third kappa shape index (κ3) is 6.16. The maximum atomic E-state index is 12.2. The molecule has 0 aromatic heterocycles. The van der Waals surface area contributed by atoms with Gasteiger partial charge in [0.25, 0.3) is 0 Å². The molecule has 1 aromatic rings. The van der Waals surface area contributed by atoms with Crippen molar-refractivity contribution in [3.8, 4) is 11.8 Å². The summed E-state index contributed by atoms with van der Waals surface area (Å²) < 4.78 is 31.7. The summed E-state index contributed by atoms with van der Waals surface area (Å²) in [4.78, 5) is 12.0. The van der Waals surface area contributed by atoms with Crippen LogP contribution in [-0.2, 0) is 14.8 Å². The molecule has 0 saturated carbocycles. The van der Waals surface area contributed by atoms with E-state index >= 15 is 0 Å². The summed E-state index contributed by atoms with van der Waals surface area (Å²) >= 11 is 0. The number of nitrogens with zero attached hydrogens (tertiary/aromatic N) is 1. The van der Waals surface area contributed by atoms with E-state index in [1.165, 1.54) is 14.0 Å². The summed E-state index contributed by atoms with van der Waals surface area (Å²) in [7, 11) is -2.23. The number of ether oxygens (including phenoxy) is 1. The molecule has 0 saturated heterocycles. The first-order valence-corrected chi connectivity index (χ1v) is 8.61. The van der Waals surface area contributed by atoms with Crippen molar-refractivity contribution in [3.63, 3.8) is 0 Å². The van der Waals surface area contributed by atoms with Crippen molar-refractivity contribution in [2.45, 2.75) is 26.3 Å². The lowest BCUT2D eigenvalue weighted by Gasteiger charge is -2.20. The van der Waals surface area contributed by atoms with Crippen molar-refractivity contribution in [1.82, 2.24) is 5.32 Å². The number of nitriles is 1. The van der Waals surface area contributed by atoms with E-state index in [-0.39, 0.29) is 0 Å². The Morgan fingerprint density at radius 1 is 1.43 bits per heavy atom. The average Bonchev–Trinajstić information content (AvgIpc) is 2.45. The van der Waals surface area contributed by atoms with Crippen LogP contribution in [0.4, 0.5) is 5.69 Å². The van der Waals surface area contributed by atoms with E-state index < -0.39 is 33.1 Å². The van der Waals surface area contributed by atoms with Gasteiger partial charge in [-0.1, -0.05) is 13.0 Å². The molecule has 0 heterocycles. The van der Waals surface area contributed by atoms with Crippen molar-refractivity contribution < 1.29 is 17.9 Å². The fourth-order valence-corrected chi connectivity index (χ4v) is 3.15. The molecule has 0 aliphatic heterocycles. The fourth-order valence-electron chi connectivity index (χ4n) is 1.77. The van der Waals surface area contributed by atoms with Gasteiger partial charge < -0.3 is 10.1 Å². The monoisotopic (exact) mass is 339 g/mol. The second-order valence-electron chi connectivity index (χ2n) is 5.74. The van der Waals surface area contributed by atoms with E-state index in [2.05, 4.69) is 10.0 Å². The third-order valence-electron chi connectivity index (χ3n) is 2.98. The van der Waals surface area contributed by atoms with E-state index in [1.807, 2.05) is 6.07 Å². The number of rotatable bonds is 7. The van der Waals surface area contributed by atoms with Crippen LogP contribution < -0.4 is 14.8 Å². The number of hydrogen-bond acceptors (Lipinski definition) is 5. The van der Waals surface area contributed by atoms with Gasteiger partial charge in [-0.2, -0.15) is 5.26 Å². The predicted octanol–water partition coefficient (Wildman–Crippen LogP) is 1.49. The maximum Gasteiger partial charge on any atom is 0.233 e. The predicted molar refractivity (Wildman–Crippen MR) is 87.4 cm³/mol. The number of carbonyl (C=O) groups excluding carboxylic acids is 1. The Morgan fingerprint density at radius 3 is 2.65 bits per heavy atom. The molecule has 0 bridgehead atoms. The van der Waals surface area contributed by atoms with Crippen LogP contribution in [0.2, 0.25) is 0 Å². The van der Waals surface area contributed by atoms with Gasteiger partial charge >= 0.3 is 0 Å². The van der Waals surface area contributed by atoms with Crippen LogP contribution in [0.5, 0.6) is 5.75 Å². The molecule has 2 N–H and O–H groups in total. The van der Waals surface area contributed by atoms with E-state index in [4.69, 9.17) is 10.00 Å². The standard InChI is InChI=1S/C15H21N3O4S/c1-11(14(19)17-15(2,3)10-16)9-23(20,21)18-12-6-5-7-13(8-12)22-4/h5-8,11,18H,9H2,1-4H3,(H,17,19). The summed E-state index contributed by atoms with van der Waals surface area (Å²) in [6.07, 6.45) is 0. The minimum atomic E-state index is -3.72. The Bertz CT molecular complexity index is 708. The van der Waals surface area contributed by atoms with Crippen LogP contribution in [0, 0.1) is 17.2 Å². The Kier molecular flexibility index (Phi) is 5.98. The first-order valence-electron chi connectivity index (χ1n) is 6.96. The summed E-state index contributed by atoms with van der Waals surface area (Å²) in [6, 6.07) is 8.41. The van der Waals surface area contributed by atoms with E-state index in [0.717, 1.165) is 0 Å². The zero-order valence-electron chi connectivity index (χ0n) is 13.6. The zero-order valence-corrected chi connectivity index (χ0v) is 14.4. The number of benzene rings is 1. The molecule has 1 unspecified atom stereocenters. The molecule has 0 spiro atoms. The average molecular weight is 339 g/mol. The molecule has 0 radical (unpaired) electrons. The number of sulfonamides is 1. The van der Waals surface area contributed by atoms with Crippen molar-refractivity contribution in [3.05, 3.63) is 24.3 Å². The molecule has 0 fully saturated rings. The number of anilines is 1. The highest BCUT2D eigenvalue weighted by atomic mass is 32.2. The highest BCUT2D eigenvalue weighted by Gasteiger charge is 2.26. The van der Waals surface area contributed by atoms with Crippen molar-refractivity contribution in [2.75, 3.05) is 17.6 Å². The number of carbonyl (C=O) groups is 1. The topological polar surface area (TPSA) is 108 Å². The molecule has 23 heavy (non-hydrogen) atoms. The first kappa shape index (κ1) is 18.8. The highest BCUT2D eigenvalue weighted by molar-refractivity contribution is 7.92. The van der Waals surface area contributed by atoms with Crippen LogP contribution in [0.15, 0.2) is 24.3 Å². The van der Waals surface area contributed by atoms with Crippen molar-refractivity contribution in [2.24, 2.45) is 5.92 Å². The normalized spacial score (nSPS) is 12.8. The van der Waals surface area contributed by atoms with Gasteiger partial charge in [-0.25, -0.2) is 8.42 Å². The van der Waals surface area contributed by atoms with Crippen LogP contribution in [0.25, 0.3) is 0 Å². The Labute approximate surface area is 136 Å². The van der Waals surface area contributed by atoms with Crippen LogP contribution in [-0.4, -0.2) is 32.7 Å². The number of hydrogen-bond donors (Lipinski definition) is 2. The van der Waals surface area contributed by atoms with E-state index in [9.17, 15) is 13.2 Å². The number of amides is 1. The molecule has 1 aromatic carbocycles. The molecule has 1 rings (SSSR count). The highest BCUT2D eigenvalue weighted by Crippen LogP contribution is 2.18. The molecular weight excluding hydrogens is 318 g/mol. The Hall–Kier alpha value is -2.27. The summed E-state index contributed by atoms with van der Waals surface area (Å²) in [5, 5.41) is 11.4. The summed E-state index contributed by atoms with van der Waals surface area (Å²) in [5.41, 5.74) is -0.690. The molecule has 1 atom stereocenters. The smallest absolute Gasteiger partial charge is 0.233 e. The number of methoxy groups -OCH3 is 1. The lowest BCUT2D eigenvalue weighted by Crippen LogP contribution is -2.46. The SMILES string of the molecule is COc1cccc(NS(=O)(=O)CC(C)C(=O)NC(C)(C)C#N)c1. The van der Waals surface area contributed by atoms with Crippen molar-refractivity contribution in [1.29, 1.82) is 5.26 Å². The van der Waals surface area contributed by atoms with Gasteiger partial charge in [0.1, 0.15) is 11.3 Å². The van der Waals surface area contributed by atoms with Crippen LogP contribution >= 0.6 is 0 Å². The van der Waals surface area contributed by atoms with Crippen molar-refractivity contribution >= 4 is 21.6 Å². The largest absolute Gasteiger partial charge is 0.497 e. The van der Waals surface area contributed by atoms with E-state index in [0.29, 0.717) is 11.4 Å². The van der Waals surface area contributed by atoms with Crippen LogP contribution in [0.1, 0.15) is 20.8 Å². The summed E-state index contributed by atoms with van der Waals surface area (Å²) in [6.45, 7) is 4.58. The molecule has 7 nitrogen and oxygen atoms in total. The van der Waals surface area contributed by atoms with Gasteiger partial charge in [-0.3, -0.25) is 9.52 Å². The van der Waals surface area contributed by atoms with Gasteiger partial charge in [0.15, 0.2) is 0 Å². The molecule has 126 valence electrons. The Morgan fingerprint density at radius 2 is 2.09 bits per heavy atom. The first-order chi connectivity index (χ1) is 10.6. The molecule has 1 amide bonds. The minimum absolute atomic E-state index is 0.356. The number of nitrogens with one attached hydrogen (secondary N) is 2. The zero-order chi connectivity index (χ0) is 17.7. The second-order valence-corrected chi connectivity index (χ2v) is 7.51.